The fourth-order valence-electron chi connectivity index (χ4n) is 3.13. The minimum absolute atomic E-state index is 0.0394. The molecule has 0 bridgehead atoms. The van der Waals surface area contributed by atoms with E-state index in [1.807, 2.05) is 4.90 Å². The first-order chi connectivity index (χ1) is 8.72. The van der Waals surface area contributed by atoms with Gasteiger partial charge < -0.3 is 10.2 Å². The van der Waals surface area contributed by atoms with E-state index in [9.17, 15) is 9.59 Å². The van der Waals surface area contributed by atoms with E-state index in [1.165, 1.54) is 19.3 Å². The third-order valence-electron chi connectivity index (χ3n) is 4.12. The summed E-state index contributed by atoms with van der Waals surface area (Å²) in [7, 11) is 0. The zero-order valence-corrected chi connectivity index (χ0v) is 11.3. The molecule has 18 heavy (non-hydrogen) atoms. The second kappa shape index (κ2) is 6.21. The van der Waals surface area contributed by atoms with E-state index >= 15 is 0 Å². The first-order valence-electron chi connectivity index (χ1n) is 7.30. The predicted molar refractivity (Wildman–Crippen MR) is 70.0 cm³/mol. The number of hydrogen-bond acceptors (Lipinski definition) is 2. The average molecular weight is 252 g/mol. The summed E-state index contributed by atoms with van der Waals surface area (Å²) in [5, 5.41) is 2.96. The molecule has 2 rings (SSSR count). The summed E-state index contributed by atoms with van der Waals surface area (Å²) in [6.07, 6.45) is 7.22. The number of rotatable bonds is 3. The Balaban J connectivity index is 2.08. The van der Waals surface area contributed by atoms with Gasteiger partial charge in [-0.2, -0.15) is 0 Å². The molecule has 0 aromatic heterocycles. The highest BCUT2D eigenvalue weighted by Crippen LogP contribution is 2.28. The van der Waals surface area contributed by atoms with Crippen LogP contribution < -0.4 is 5.32 Å². The molecule has 2 amide bonds. The highest BCUT2D eigenvalue weighted by Gasteiger charge is 2.35. The Morgan fingerprint density at radius 1 is 1.22 bits per heavy atom. The van der Waals surface area contributed by atoms with E-state index in [1.54, 1.807) is 0 Å². The minimum Gasteiger partial charge on any atom is -0.344 e. The Kier molecular flexibility index (Phi) is 4.61. The molecule has 4 nitrogen and oxygen atoms in total. The third-order valence-corrected chi connectivity index (χ3v) is 4.12. The molecule has 1 aliphatic carbocycles. The molecule has 1 unspecified atom stereocenters. The molecule has 1 heterocycles. The monoisotopic (exact) mass is 252 g/mol. The molecule has 1 saturated heterocycles. The molecule has 1 N–H and O–H groups in total. The zero-order chi connectivity index (χ0) is 13.0. The van der Waals surface area contributed by atoms with Crippen molar-refractivity contribution in [1.29, 1.82) is 0 Å². The van der Waals surface area contributed by atoms with Gasteiger partial charge in [0.15, 0.2) is 0 Å². The lowest BCUT2D eigenvalue weighted by Gasteiger charge is -2.31. The molecule has 1 aliphatic heterocycles. The summed E-state index contributed by atoms with van der Waals surface area (Å²) < 4.78 is 0. The van der Waals surface area contributed by atoms with Gasteiger partial charge in [-0.1, -0.05) is 26.2 Å². The maximum Gasteiger partial charge on any atom is 0.245 e. The molecule has 1 atom stereocenters. The highest BCUT2D eigenvalue weighted by molar-refractivity contribution is 5.90. The summed E-state index contributed by atoms with van der Waals surface area (Å²) in [6, 6.07) is -0.258. The van der Waals surface area contributed by atoms with Crippen molar-refractivity contribution in [2.45, 2.75) is 57.9 Å². The van der Waals surface area contributed by atoms with Crippen LogP contribution in [0, 0.1) is 5.92 Å². The van der Waals surface area contributed by atoms with E-state index in [0.717, 1.165) is 25.8 Å². The summed E-state index contributed by atoms with van der Waals surface area (Å²) in [5.41, 5.74) is 0. The second-order valence-electron chi connectivity index (χ2n) is 5.52. The molecule has 0 aromatic rings. The summed E-state index contributed by atoms with van der Waals surface area (Å²) in [6.45, 7) is 3.43. The molecule has 0 spiro atoms. The maximum absolute atomic E-state index is 12.5. The Morgan fingerprint density at radius 3 is 2.61 bits per heavy atom. The number of nitrogens with zero attached hydrogens (tertiary/aromatic N) is 1. The SMILES string of the molecule is CCCN1CCC(=O)NC(C2CCCCC2)C1=O. The molecule has 1 saturated carbocycles. The molecular weight excluding hydrogens is 228 g/mol. The highest BCUT2D eigenvalue weighted by atomic mass is 16.2. The van der Waals surface area contributed by atoms with Gasteiger partial charge in [0.2, 0.25) is 11.8 Å². The Hall–Kier alpha value is -1.06. The standard InChI is InChI=1S/C14H24N2O2/c1-2-9-16-10-8-12(17)15-13(14(16)18)11-6-4-3-5-7-11/h11,13H,2-10H2,1H3,(H,15,17). The van der Waals surface area contributed by atoms with Crippen LogP contribution >= 0.6 is 0 Å². The van der Waals surface area contributed by atoms with Crippen LogP contribution in [0.5, 0.6) is 0 Å². The molecule has 2 aliphatic rings. The lowest BCUT2D eigenvalue weighted by Crippen LogP contribution is -2.49. The number of carbonyl (C=O) groups excluding carboxylic acids is 2. The zero-order valence-electron chi connectivity index (χ0n) is 11.3. The molecule has 2 fully saturated rings. The first-order valence-corrected chi connectivity index (χ1v) is 7.30. The van der Waals surface area contributed by atoms with E-state index in [0.29, 0.717) is 18.9 Å². The maximum atomic E-state index is 12.5. The van der Waals surface area contributed by atoms with Crippen LogP contribution in [-0.4, -0.2) is 35.8 Å². The molecule has 0 radical (unpaired) electrons. The van der Waals surface area contributed by atoms with E-state index in [-0.39, 0.29) is 17.9 Å². The van der Waals surface area contributed by atoms with Gasteiger partial charge >= 0.3 is 0 Å². The van der Waals surface area contributed by atoms with Gasteiger partial charge in [0, 0.05) is 19.5 Å². The van der Waals surface area contributed by atoms with Gasteiger partial charge in [-0.15, -0.1) is 0 Å². The Morgan fingerprint density at radius 2 is 1.94 bits per heavy atom. The van der Waals surface area contributed by atoms with E-state index in [4.69, 9.17) is 0 Å². The van der Waals surface area contributed by atoms with Crippen LogP contribution in [-0.2, 0) is 9.59 Å². The number of amides is 2. The smallest absolute Gasteiger partial charge is 0.245 e. The normalized spacial score (nSPS) is 26.9. The number of carbonyl (C=O) groups is 2. The topological polar surface area (TPSA) is 49.4 Å². The van der Waals surface area contributed by atoms with Crippen LogP contribution in [0.1, 0.15) is 51.9 Å². The molecule has 0 aromatic carbocycles. The van der Waals surface area contributed by atoms with Crippen LogP contribution in [0.4, 0.5) is 0 Å². The summed E-state index contributed by atoms with van der Waals surface area (Å²) >= 11 is 0. The van der Waals surface area contributed by atoms with Crippen LogP contribution in [0.25, 0.3) is 0 Å². The average Bonchev–Trinajstić information content (AvgIpc) is 2.53. The number of hydrogen-bond donors (Lipinski definition) is 1. The number of nitrogens with one attached hydrogen (secondary N) is 1. The molecular formula is C14H24N2O2. The van der Waals surface area contributed by atoms with Crippen molar-refractivity contribution in [2.24, 2.45) is 5.92 Å². The van der Waals surface area contributed by atoms with Gasteiger partial charge in [-0.25, -0.2) is 0 Å². The van der Waals surface area contributed by atoms with Crippen molar-refractivity contribution >= 4 is 11.8 Å². The largest absolute Gasteiger partial charge is 0.344 e. The van der Waals surface area contributed by atoms with E-state index < -0.39 is 0 Å². The lowest BCUT2D eigenvalue weighted by atomic mass is 9.83. The van der Waals surface area contributed by atoms with Crippen molar-refractivity contribution in [2.75, 3.05) is 13.1 Å². The van der Waals surface area contributed by atoms with Gasteiger partial charge in [0.1, 0.15) is 6.04 Å². The Bertz CT molecular complexity index is 311. The first kappa shape index (κ1) is 13.4. The summed E-state index contributed by atoms with van der Waals surface area (Å²) in [4.78, 5) is 26.1. The quantitative estimate of drug-likeness (QED) is 0.831. The van der Waals surface area contributed by atoms with Gasteiger partial charge in [0.25, 0.3) is 0 Å². The van der Waals surface area contributed by atoms with Gasteiger partial charge in [0.05, 0.1) is 0 Å². The van der Waals surface area contributed by atoms with Crippen LogP contribution in [0.3, 0.4) is 0 Å². The fraction of sp³-hybridized carbons (Fsp3) is 0.857. The van der Waals surface area contributed by atoms with Crippen molar-refractivity contribution in [1.82, 2.24) is 10.2 Å². The Labute approximate surface area is 109 Å². The van der Waals surface area contributed by atoms with E-state index in [2.05, 4.69) is 12.2 Å². The fourth-order valence-corrected chi connectivity index (χ4v) is 3.13. The van der Waals surface area contributed by atoms with Crippen LogP contribution in [0.2, 0.25) is 0 Å². The molecule has 102 valence electrons. The third kappa shape index (κ3) is 3.03. The van der Waals surface area contributed by atoms with Gasteiger partial charge in [-0.05, 0) is 25.2 Å². The van der Waals surface area contributed by atoms with Gasteiger partial charge in [-0.3, -0.25) is 9.59 Å². The van der Waals surface area contributed by atoms with Crippen molar-refractivity contribution < 1.29 is 9.59 Å². The minimum atomic E-state index is -0.258. The van der Waals surface area contributed by atoms with Crippen molar-refractivity contribution in [3.8, 4) is 0 Å². The van der Waals surface area contributed by atoms with Crippen molar-refractivity contribution in [3.05, 3.63) is 0 Å². The second-order valence-corrected chi connectivity index (χ2v) is 5.52. The summed E-state index contributed by atoms with van der Waals surface area (Å²) in [5.74, 6) is 0.541. The molecule has 4 heteroatoms. The van der Waals surface area contributed by atoms with Crippen molar-refractivity contribution in [3.63, 3.8) is 0 Å². The lowest BCUT2D eigenvalue weighted by molar-refractivity contribution is -0.135. The predicted octanol–water partition coefficient (Wildman–Crippen LogP) is 1.69. The van der Waals surface area contributed by atoms with Crippen LogP contribution in [0.15, 0.2) is 0 Å².